The lowest BCUT2D eigenvalue weighted by molar-refractivity contribution is -0.386. The average molecular weight is 318 g/mol. The summed E-state index contributed by atoms with van der Waals surface area (Å²) >= 11 is 0. The lowest BCUT2D eigenvalue weighted by Crippen LogP contribution is -2.06. The highest BCUT2D eigenvalue weighted by Gasteiger charge is 2.22. The van der Waals surface area contributed by atoms with Gasteiger partial charge in [-0.15, -0.1) is 0 Å². The van der Waals surface area contributed by atoms with Crippen LogP contribution in [0.4, 0.5) is 11.4 Å². The molecule has 4 heteroatoms. The van der Waals surface area contributed by atoms with E-state index in [0.29, 0.717) is 29.7 Å². The first-order valence-corrected chi connectivity index (χ1v) is 7.77. The second-order valence-electron chi connectivity index (χ2n) is 5.72. The van der Waals surface area contributed by atoms with E-state index in [-0.39, 0.29) is 10.6 Å². The van der Waals surface area contributed by atoms with Gasteiger partial charge in [-0.25, -0.2) is 0 Å². The minimum absolute atomic E-state index is 0.128. The van der Waals surface area contributed by atoms with Gasteiger partial charge in [-0.1, -0.05) is 60.7 Å². The first-order chi connectivity index (χ1) is 11.6. The quantitative estimate of drug-likeness (QED) is 0.432. The van der Waals surface area contributed by atoms with Crippen LogP contribution in [0.5, 0.6) is 0 Å². The number of nitro benzene ring substituents is 1. The van der Waals surface area contributed by atoms with Crippen molar-refractivity contribution in [2.75, 3.05) is 5.73 Å². The molecule has 0 heterocycles. The van der Waals surface area contributed by atoms with Crippen LogP contribution in [0.2, 0.25) is 0 Å². The molecule has 0 aliphatic heterocycles. The minimum Gasteiger partial charge on any atom is -0.398 e. The molecule has 0 amide bonds. The van der Waals surface area contributed by atoms with Crippen LogP contribution >= 0.6 is 0 Å². The monoisotopic (exact) mass is 318 g/mol. The standard InChI is InChI=1S/C20H18N2O2/c21-19-12-11-17(13-15-7-3-1-4-8-15)20(22(23)24)18(19)14-16-9-5-2-6-10-16/h1-12H,13-14,21H2. The Hall–Kier alpha value is -3.14. The first-order valence-electron chi connectivity index (χ1n) is 7.77. The number of hydrogen-bond donors (Lipinski definition) is 1. The molecule has 0 saturated carbocycles. The Bertz CT molecular complexity index is 846. The molecule has 0 aliphatic rings. The number of benzene rings is 3. The lowest BCUT2D eigenvalue weighted by atomic mass is 9.95. The highest BCUT2D eigenvalue weighted by atomic mass is 16.6. The van der Waals surface area contributed by atoms with Crippen molar-refractivity contribution in [1.82, 2.24) is 0 Å². The summed E-state index contributed by atoms with van der Waals surface area (Å²) in [5.41, 5.74) is 9.96. The number of hydrogen-bond acceptors (Lipinski definition) is 3. The van der Waals surface area contributed by atoms with E-state index in [9.17, 15) is 10.1 Å². The van der Waals surface area contributed by atoms with Crippen LogP contribution in [0.15, 0.2) is 72.8 Å². The molecule has 0 spiro atoms. The zero-order valence-electron chi connectivity index (χ0n) is 13.2. The molecule has 2 N–H and O–H groups in total. The van der Waals surface area contributed by atoms with E-state index in [2.05, 4.69) is 0 Å². The molecule has 0 fully saturated rings. The molecule has 0 atom stereocenters. The van der Waals surface area contributed by atoms with Crippen molar-refractivity contribution < 1.29 is 4.92 Å². The molecule has 0 aromatic heterocycles. The zero-order chi connectivity index (χ0) is 16.9. The summed E-state index contributed by atoms with van der Waals surface area (Å²) in [6.07, 6.45) is 0.963. The molecular weight excluding hydrogens is 300 g/mol. The Kier molecular flexibility index (Phi) is 4.57. The fraction of sp³-hybridized carbons (Fsp3) is 0.100. The van der Waals surface area contributed by atoms with Gasteiger partial charge in [-0.05, 0) is 23.3 Å². The second kappa shape index (κ2) is 6.96. The lowest BCUT2D eigenvalue weighted by Gasteiger charge is -2.11. The van der Waals surface area contributed by atoms with Crippen LogP contribution in [0, 0.1) is 10.1 Å². The summed E-state index contributed by atoms with van der Waals surface area (Å²) in [6, 6.07) is 22.9. The SMILES string of the molecule is Nc1ccc(Cc2ccccc2)c([N+](=O)[O-])c1Cc1ccccc1. The fourth-order valence-electron chi connectivity index (χ4n) is 2.87. The van der Waals surface area contributed by atoms with Crippen molar-refractivity contribution in [3.63, 3.8) is 0 Å². The molecule has 0 aliphatic carbocycles. The van der Waals surface area contributed by atoms with Gasteiger partial charge in [-0.3, -0.25) is 10.1 Å². The third kappa shape index (κ3) is 3.43. The normalized spacial score (nSPS) is 10.5. The Morgan fingerprint density at radius 3 is 1.88 bits per heavy atom. The first kappa shape index (κ1) is 15.7. The summed E-state index contributed by atoms with van der Waals surface area (Å²) in [5.74, 6) is 0. The van der Waals surface area contributed by atoms with E-state index in [1.165, 1.54) is 0 Å². The third-order valence-corrected chi connectivity index (χ3v) is 4.05. The smallest absolute Gasteiger partial charge is 0.278 e. The van der Waals surface area contributed by atoms with Crippen LogP contribution < -0.4 is 5.73 Å². The third-order valence-electron chi connectivity index (χ3n) is 4.05. The Morgan fingerprint density at radius 1 is 0.792 bits per heavy atom. The molecule has 0 radical (unpaired) electrons. The number of nitrogens with two attached hydrogens (primary N) is 1. The Labute approximate surface area is 140 Å². The molecule has 120 valence electrons. The van der Waals surface area contributed by atoms with Crippen molar-refractivity contribution in [2.45, 2.75) is 12.8 Å². The largest absolute Gasteiger partial charge is 0.398 e. The molecule has 3 aromatic carbocycles. The summed E-state index contributed by atoms with van der Waals surface area (Å²) in [6.45, 7) is 0. The van der Waals surface area contributed by atoms with Crippen molar-refractivity contribution in [1.29, 1.82) is 0 Å². The number of nitro groups is 1. The maximum absolute atomic E-state index is 11.7. The molecule has 0 bridgehead atoms. The van der Waals surface area contributed by atoms with Crippen molar-refractivity contribution in [3.05, 3.63) is 105 Å². The minimum atomic E-state index is -0.313. The predicted octanol–water partition coefficient (Wildman–Crippen LogP) is 4.36. The highest BCUT2D eigenvalue weighted by Crippen LogP contribution is 2.32. The van der Waals surface area contributed by atoms with E-state index in [1.807, 2.05) is 60.7 Å². The maximum atomic E-state index is 11.7. The summed E-state index contributed by atoms with van der Waals surface area (Å²) < 4.78 is 0. The molecular formula is C20H18N2O2. The topological polar surface area (TPSA) is 69.2 Å². The van der Waals surface area contributed by atoms with Gasteiger partial charge in [0, 0.05) is 24.1 Å². The predicted molar refractivity (Wildman–Crippen MR) is 96.0 cm³/mol. The molecule has 3 rings (SSSR count). The summed E-state index contributed by atoms with van der Waals surface area (Å²) in [7, 11) is 0. The second-order valence-corrected chi connectivity index (χ2v) is 5.72. The fourth-order valence-corrected chi connectivity index (χ4v) is 2.87. The van der Waals surface area contributed by atoms with E-state index < -0.39 is 0 Å². The maximum Gasteiger partial charge on any atom is 0.278 e. The van der Waals surface area contributed by atoms with Crippen LogP contribution in [0.1, 0.15) is 22.3 Å². The van der Waals surface area contributed by atoms with Crippen molar-refractivity contribution >= 4 is 11.4 Å². The van der Waals surface area contributed by atoms with Crippen molar-refractivity contribution in [2.24, 2.45) is 0 Å². The van der Waals surface area contributed by atoms with Gasteiger partial charge in [0.2, 0.25) is 0 Å². The van der Waals surface area contributed by atoms with E-state index in [0.717, 1.165) is 11.1 Å². The van der Waals surface area contributed by atoms with Gasteiger partial charge in [0.15, 0.2) is 0 Å². The summed E-state index contributed by atoms with van der Waals surface area (Å²) in [4.78, 5) is 11.4. The molecule has 0 saturated heterocycles. The van der Waals surface area contributed by atoms with Crippen LogP contribution in [0.3, 0.4) is 0 Å². The van der Waals surface area contributed by atoms with Gasteiger partial charge in [0.1, 0.15) is 0 Å². The molecule has 0 unspecified atom stereocenters. The van der Waals surface area contributed by atoms with Gasteiger partial charge in [0.25, 0.3) is 5.69 Å². The van der Waals surface area contributed by atoms with Crippen LogP contribution in [-0.4, -0.2) is 4.92 Å². The Morgan fingerprint density at radius 2 is 1.33 bits per heavy atom. The average Bonchev–Trinajstić information content (AvgIpc) is 2.59. The van der Waals surface area contributed by atoms with E-state index >= 15 is 0 Å². The van der Waals surface area contributed by atoms with Gasteiger partial charge >= 0.3 is 0 Å². The van der Waals surface area contributed by atoms with Crippen LogP contribution in [-0.2, 0) is 12.8 Å². The number of nitrogens with zero attached hydrogens (tertiary/aromatic N) is 1. The van der Waals surface area contributed by atoms with E-state index in [4.69, 9.17) is 5.73 Å². The molecule has 4 nitrogen and oxygen atoms in total. The van der Waals surface area contributed by atoms with E-state index in [1.54, 1.807) is 12.1 Å². The highest BCUT2D eigenvalue weighted by molar-refractivity contribution is 5.63. The molecule has 3 aromatic rings. The van der Waals surface area contributed by atoms with Gasteiger partial charge in [-0.2, -0.15) is 0 Å². The number of rotatable bonds is 5. The Balaban J connectivity index is 2.04. The zero-order valence-corrected chi connectivity index (χ0v) is 13.2. The molecule has 24 heavy (non-hydrogen) atoms. The van der Waals surface area contributed by atoms with Crippen molar-refractivity contribution in [3.8, 4) is 0 Å². The number of nitrogen functional groups attached to an aromatic ring is 1. The summed E-state index contributed by atoms with van der Waals surface area (Å²) in [5, 5.41) is 11.7. The van der Waals surface area contributed by atoms with Crippen LogP contribution in [0.25, 0.3) is 0 Å². The number of anilines is 1. The van der Waals surface area contributed by atoms with Gasteiger partial charge < -0.3 is 5.73 Å². The van der Waals surface area contributed by atoms with Gasteiger partial charge in [0.05, 0.1) is 10.5 Å².